The Morgan fingerprint density at radius 1 is 0.744 bits per heavy atom. The SMILES string of the molecule is Cc1cc(C)c(-c2nc3c(nc(C=C4C(=O)c5cc6ccccc6cc5C4=O)n3-c3ccccc3)s2)c(C)c1. The lowest BCUT2D eigenvalue weighted by molar-refractivity contribution is 0.0990. The molecule has 2 heterocycles. The van der Waals surface area contributed by atoms with Gasteiger partial charge in [0, 0.05) is 22.4 Å². The van der Waals surface area contributed by atoms with E-state index in [2.05, 4.69) is 32.9 Å². The minimum Gasteiger partial charge on any atom is -0.288 e. The predicted octanol–water partition coefficient (Wildman–Crippen LogP) is 7.69. The molecule has 0 fully saturated rings. The lowest BCUT2D eigenvalue weighted by atomic mass is 10.0. The number of carbonyl (C=O) groups excluding carboxylic acids is 2. The van der Waals surface area contributed by atoms with Gasteiger partial charge in [-0.2, -0.15) is 0 Å². The predicted molar refractivity (Wildman–Crippen MR) is 157 cm³/mol. The van der Waals surface area contributed by atoms with E-state index in [1.54, 1.807) is 6.08 Å². The number of hydrogen-bond acceptors (Lipinski definition) is 5. The summed E-state index contributed by atoms with van der Waals surface area (Å²) in [5.41, 5.74) is 7.25. The molecule has 1 aliphatic rings. The average molecular weight is 526 g/mol. The Morgan fingerprint density at radius 2 is 1.33 bits per heavy atom. The normalized spacial score (nSPS) is 13.1. The first kappa shape index (κ1) is 23.4. The van der Waals surface area contributed by atoms with E-state index in [1.165, 1.54) is 28.0 Å². The summed E-state index contributed by atoms with van der Waals surface area (Å²) in [6.45, 7) is 6.31. The van der Waals surface area contributed by atoms with Crippen LogP contribution in [0.1, 0.15) is 43.2 Å². The van der Waals surface area contributed by atoms with Gasteiger partial charge in [-0.3, -0.25) is 14.2 Å². The fraction of sp³-hybridized carbons (Fsp3) is 0.0909. The second-order valence-corrected chi connectivity index (χ2v) is 11.0. The molecule has 0 bridgehead atoms. The van der Waals surface area contributed by atoms with Gasteiger partial charge in [-0.05, 0) is 73.0 Å². The van der Waals surface area contributed by atoms with E-state index in [-0.39, 0.29) is 17.1 Å². The molecule has 6 heteroatoms. The maximum atomic E-state index is 13.5. The number of benzene rings is 4. The van der Waals surface area contributed by atoms with Crippen LogP contribution in [0.3, 0.4) is 0 Å². The Labute approximate surface area is 229 Å². The Kier molecular flexibility index (Phi) is 5.22. The monoisotopic (exact) mass is 525 g/mol. The van der Waals surface area contributed by atoms with Crippen molar-refractivity contribution >= 4 is 50.2 Å². The molecule has 1 aliphatic carbocycles. The van der Waals surface area contributed by atoms with E-state index in [1.807, 2.05) is 71.3 Å². The third kappa shape index (κ3) is 3.67. The van der Waals surface area contributed by atoms with Crippen molar-refractivity contribution < 1.29 is 9.59 Å². The first-order valence-electron chi connectivity index (χ1n) is 12.8. The molecule has 0 radical (unpaired) electrons. The third-order valence-electron chi connectivity index (χ3n) is 7.29. The summed E-state index contributed by atoms with van der Waals surface area (Å²) < 4.78 is 1.93. The number of aryl methyl sites for hydroxylation is 3. The van der Waals surface area contributed by atoms with Crippen molar-refractivity contribution in [2.45, 2.75) is 20.8 Å². The Bertz CT molecular complexity index is 1950. The molecular weight excluding hydrogens is 502 g/mol. The van der Waals surface area contributed by atoms with Crippen molar-refractivity contribution in [2.24, 2.45) is 0 Å². The fourth-order valence-electron chi connectivity index (χ4n) is 5.61. The maximum absolute atomic E-state index is 13.5. The fourth-order valence-corrected chi connectivity index (χ4v) is 6.71. The van der Waals surface area contributed by atoms with Gasteiger partial charge in [0.2, 0.25) is 0 Å². The van der Waals surface area contributed by atoms with E-state index in [4.69, 9.17) is 9.97 Å². The molecule has 0 amide bonds. The summed E-state index contributed by atoms with van der Waals surface area (Å²) in [6, 6.07) is 25.5. The quantitative estimate of drug-likeness (QED) is 0.175. The Morgan fingerprint density at radius 3 is 1.95 bits per heavy atom. The lowest BCUT2D eigenvalue weighted by Gasteiger charge is -2.09. The van der Waals surface area contributed by atoms with Crippen LogP contribution in [0.2, 0.25) is 0 Å². The molecule has 7 rings (SSSR count). The van der Waals surface area contributed by atoms with Gasteiger partial charge in [0.15, 0.2) is 22.0 Å². The number of para-hydroxylation sites is 1. The first-order valence-corrected chi connectivity index (χ1v) is 13.6. The number of hydrogen-bond donors (Lipinski definition) is 0. The summed E-state index contributed by atoms with van der Waals surface area (Å²) >= 11 is 1.52. The van der Waals surface area contributed by atoms with Gasteiger partial charge in [0.25, 0.3) is 0 Å². The molecule has 0 spiro atoms. The summed E-state index contributed by atoms with van der Waals surface area (Å²) in [5.74, 6) is -0.0366. The van der Waals surface area contributed by atoms with Crippen molar-refractivity contribution in [2.75, 3.05) is 0 Å². The van der Waals surface area contributed by atoms with E-state index in [9.17, 15) is 9.59 Å². The number of allylic oxidation sites excluding steroid dienone is 1. The average Bonchev–Trinajstić information content (AvgIpc) is 3.53. The minimum absolute atomic E-state index is 0.126. The van der Waals surface area contributed by atoms with Crippen LogP contribution < -0.4 is 0 Å². The summed E-state index contributed by atoms with van der Waals surface area (Å²) in [4.78, 5) is 37.6. The molecule has 0 unspecified atom stereocenters. The van der Waals surface area contributed by atoms with E-state index in [0.29, 0.717) is 22.6 Å². The summed E-state index contributed by atoms with van der Waals surface area (Å²) in [6.07, 6.45) is 1.62. The van der Waals surface area contributed by atoms with E-state index < -0.39 is 0 Å². The second kappa shape index (κ2) is 8.68. The van der Waals surface area contributed by atoms with Crippen molar-refractivity contribution in [3.63, 3.8) is 0 Å². The molecule has 0 aliphatic heterocycles. The van der Waals surface area contributed by atoms with Crippen LogP contribution in [0.5, 0.6) is 0 Å². The topological polar surface area (TPSA) is 64.8 Å². The summed E-state index contributed by atoms with van der Waals surface area (Å²) in [7, 11) is 0. The largest absolute Gasteiger partial charge is 0.288 e. The van der Waals surface area contributed by atoms with E-state index >= 15 is 0 Å². The molecule has 188 valence electrons. The Balaban J connectivity index is 1.41. The van der Waals surface area contributed by atoms with Crippen LogP contribution in [0.15, 0.2) is 84.4 Å². The van der Waals surface area contributed by atoms with Gasteiger partial charge in [-0.1, -0.05) is 71.5 Å². The van der Waals surface area contributed by atoms with Crippen molar-refractivity contribution in [1.82, 2.24) is 14.5 Å². The minimum atomic E-state index is -0.272. The number of imidazole rings is 1. The van der Waals surface area contributed by atoms with Gasteiger partial charge in [0.05, 0.1) is 5.57 Å². The van der Waals surface area contributed by atoms with Gasteiger partial charge in [-0.15, -0.1) is 0 Å². The number of Topliss-reactive ketones (excluding diaryl/α,β-unsaturated/α-hetero) is 2. The molecule has 4 aromatic carbocycles. The van der Waals surface area contributed by atoms with Crippen LogP contribution in [-0.2, 0) is 0 Å². The lowest BCUT2D eigenvalue weighted by Crippen LogP contribution is -2.04. The zero-order valence-corrected chi connectivity index (χ0v) is 22.5. The molecule has 2 aromatic heterocycles. The van der Waals surface area contributed by atoms with Crippen LogP contribution in [0.4, 0.5) is 0 Å². The molecule has 0 saturated heterocycles. The number of nitrogens with zero attached hydrogens (tertiary/aromatic N) is 3. The van der Waals surface area contributed by atoms with Crippen LogP contribution in [0.25, 0.3) is 43.6 Å². The van der Waals surface area contributed by atoms with Gasteiger partial charge in [-0.25, -0.2) is 9.97 Å². The molecule has 39 heavy (non-hydrogen) atoms. The zero-order chi connectivity index (χ0) is 26.8. The Hall–Kier alpha value is -4.68. The van der Waals surface area contributed by atoms with Crippen molar-refractivity contribution in [3.05, 3.63) is 118 Å². The standard InChI is InChI=1S/C33H23N3O2S/c1-18-13-19(2)28(20(3)14-18)32-35-31-33(39-32)34-27(36(31)23-11-5-4-6-12-23)17-26-29(37)24-15-21-9-7-8-10-22(21)16-25(24)30(26)38/h4-17H,1-3H3. The molecule has 0 N–H and O–H groups in total. The number of rotatable bonds is 3. The van der Waals surface area contributed by atoms with Crippen LogP contribution >= 0.6 is 11.3 Å². The van der Waals surface area contributed by atoms with Crippen molar-refractivity contribution in [3.8, 4) is 16.3 Å². The van der Waals surface area contributed by atoms with Crippen LogP contribution in [0, 0.1) is 20.8 Å². The van der Waals surface area contributed by atoms with E-state index in [0.717, 1.165) is 31.9 Å². The highest BCUT2D eigenvalue weighted by Gasteiger charge is 2.34. The highest BCUT2D eigenvalue weighted by atomic mass is 32.1. The number of aromatic nitrogens is 3. The number of ketones is 2. The second-order valence-electron chi connectivity index (χ2n) is 10.0. The maximum Gasteiger partial charge on any atom is 0.197 e. The first-order chi connectivity index (χ1) is 18.9. The van der Waals surface area contributed by atoms with Crippen molar-refractivity contribution in [1.29, 1.82) is 0 Å². The number of fused-ring (bicyclic) bond motifs is 3. The number of carbonyl (C=O) groups is 2. The van der Waals surface area contributed by atoms with Gasteiger partial charge in [0.1, 0.15) is 10.8 Å². The summed E-state index contributed by atoms with van der Waals surface area (Å²) in [5, 5.41) is 2.77. The van der Waals surface area contributed by atoms with Gasteiger partial charge >= 0.3 is 0 Å². The smallest absolute Gasteiger partial charge is 0.197 e. The highest BCUT2D eigenvalue weighted by Crippen LogP contribution is 2.37. The van der Waals surface area contributed by atoms with Gasteiger partial charge < -0.3 is 0 Å². The molecule has 5 nitrogen and oxygen atoms in total. The number of thiazole rings is 1. The highest BCUT2D eigenvalue weighted by molar-refractivity contribution is 7.21. The zero-order valence-electron chi connectivity index (χ0n) is 21.6. The molecule has 0 atom stereocenters. The molecular formula is C33H23N3O2S. The van der Waals surface area contributed by atoms with Crippen LogP contribution in [-0.4, -0.2) is 26.1 Å². The third-order valence-corrected chi connectivity index (χ3v) is 8.25. The molecule has 6 aromatic rings. The molecule has 0 saturated carbocycles.